The van der Waals surface area contributed by atoms with Gasteiger partial charge < -0.3 is 0 Å². The molecule has 6 nitrogen and oxygen atoms in total. The van der Waals surface area contributed by atoms with Crippen molar-refractivity contribution in [3.63, 3.8) is 0 Å². The van der Waals surface area contributed by atoms with E-state index in [1.807, 2.05) is 60.0 Å². The summed E-state index contributed by atoms with van der Waals surface area (Å²) in [5.74, 6) is 0.185. The number of thioether (sulfide) groups is 1. The third-order valence-electron chi connectivity index (χ3n) is 4.07. The summed E-state index contributed by atoms with van der Waals surface area (Å²) in [7, 11) is 0. The van der Waals surface area contributed by atoms with E-state index < -0.39 is 0 Å². The van der Waals surface area contributed by atoms with Gasteiger partial charge in [-0.05, 0) is 17.7 Å². The number of hydrogen-bond donors (Lipinski definition) is 1. The van der Waals surface area contributed by atoms with Gasteiger partial charge in [0.15, 0.2) is 10.3 Å². The van der Waals surface area contributed by atoms with E-state index in [1.54, 1.807) is 4.90 Å². The van der Waals surface area contributed by atoms with Crippen molar-refractivity contribution >= 4 is 45.7 Å². The number of nitrogens with one attached hydrogen (secondary N) is 1. The second-order valence-electron chi connectivity index (χ2n) is 6.07. The summed E-state index contributed by atoms with van der Waals surface area (Å²) >= 11 is 8.74. The smallest absolute Gasteiger partial charge is 0.239 e. The summed E-state index contributed by atoms with van der Waals surface area (Å²) in [6.07, 6.45) is 1.42. The molecule has 29 heavy (non-hydrogen) atoms. The number of rotatable bonds is 7. The molecule has 2 aromatic heterocycles. The van der Waals surface area contributed by atoms with Crippen LogP contribution >= 0.6 is 34.7 Å². The van der Waals surface area contributed by atoms with Crippen LogP contribution < -0.4 is 4.90 Å². The lowest BCUT2D eigenvalue weighted by Crippen LogP contribution is -2.31. The first-order chi connectivity index (χ1) is 14.2. The molecule has 0 saturated carbocycles. The zero-order chi connectivity index (χ0) is 20.1. The highest BCUT2D eigenvalue weighted by Crippen LogP contribution is 2.30. The van der Waals surface area contributed by atoms with Gasteiger partial charge in [-0.1, -0.05) is 65.8 Å². The first-order valence-corrected chi connectivity index (χ1v) is 11.0. The number of halogens is 1. The average molecular weight is 442 g/mol. The van der Waals surface area contributed by atoms with Crippen molar-refractivity contribution in [3.8, 4) is 11.3 Å². The molecule has 4 rings (SSSR count). The van der Waals surface area contributed by atoms with Crippen LogP contribution in [0.3, 0.4) is 0 Å². The van der Waals surface area contributed by atoms with Crippen LogP contribution in [0.4, 0.5) is 5.13 Å². The number of carbonyl (C=O) groups excluding carboxylic acids is 1. The largest absolute Gasteiger partial charge is 0.283 e. The quantitative estimate of drug-likeness (QED) is 0.412. The van der Waals surface area contributed by atoms with Crippen molar-refractivity contribution < 1.29 is 4.79 Å². The fourth-order valence-electron chi connectivity index (χ4n) is 2.64. The Morgan fingerprint density at radius 2 is 1.93 bits per heavy atom. The Balaban J connectivity index is 1.57. The SMILES string of the molecule is O=C(CSc1ncn[nH]1)N(Cc1ccccc1)c1nc(-c2ccc(Cl)cc2)cs1. The number of aromatic amines is 1. The highest BCUT2D eigenvalue weighted by Gasteiger charge is 2.20. The van der Waals surface area contributed by atoms with Gasteiger partial charge in [0, 0.05) is 16.0 Å². The van der Waals surface area contributed by atoms with Gasteiger partial charge in [-0.25, -0.2) is 9.97 Å². The highest BCUT2D eigenvalue weighted by atomic mass is 35.5. The molecule has 4 aromatic rings. The lowest BCUT2D eigenvalue weighted by Gasteiger charge is -2.19. The van der Waals surface area contributed by atoms with Gasteiger partial charge in [0.2, 0.25) is 5.91 Å². The number of hydrogen-bond acceptors (Lipinski definition) is 6. The molecule has 0 aliphatic carbocycles. The molecule has 0 aliphatic heterocycles. The Kier molecular flexibility index (Phi) is 6.24. The first kappa shape index (κ1) is 19.6. The summed E-state index contributed by atoms with van der Waals surface area (Å²) in [6, 6.07) is 17.4. The molecule has 146 valence electrons. The number of nitrogens with zero attached hydrogens (tertiary/aromatic N) is 4. The fourth-order valence-corrected chi connectivity index (χ4v) is 4.27. The standard InChI is InChI=1S/C20H16ClN5OS2/c21-16-8-6-15(7-9-16)17-11-29-20(24-17)26(10-14-4-2-1-3-5-14)18(27)12-28-19-22-13-23-25-19/h1-9,11,13H,10,12H2,(H,22,23,25). The molecule has 0 spiro atoms. The Morgan fingerprint density at radius 3 is 2.66 bits per heavy atom. The second kappa shape index (κ2) is 9.21. The summed E-state index contributed by atoms with van der Waals surface area (Å²) in [5.41, 5.74) is 2.81. The van der Waals surface area contributed by atoms with Crippen LogP contribution in [-0.2, 0) is 11.3 Å². The zero-order valence-corrected chi connectivity index (χ0v) is 17.5. The minimum absolute atomic E-state index is 0.0488. The molecule has 0 bridgehead atoms. The van der Waals surface area contributed by atoms with E-state index in [1.165, 1.54) is 29.4 Å². The van der Waals surface area contributed by atoms with Gasteiger partial charge in [-0.3, -0.25) is 14.8 Å². The molecule has 0 radical (unpaired) electrons. The maximum absolute atomic E-state index is 13.0. The van der Waals surface area contributed by atoms with Gasteiger partial charge in [0.1, 0.15) is 6.33 Å². The minimum Gasteiger partial charge on any atom is -0.283 e. The molecule has 0 fully saturated rings. The van der Waals surface area contributed by atoms with Crippen molar-refractivity contribution in [2.24, 2.45) is 0 Å². The molecule has 1 N–H and O–H groups in total. The lowest BCUT2D eigenvalue weighted by atomic mass is 10.2. The Bertz CT molecular complexity index is 1070. The summed E-state index contributed by atoms with van der Waals surface area (Å²) < 4.78 is 0. The van der Waals surface area contributed by atoms with Crippen molar-refractivity contribution in [1.82, 2.24) is 20.2 Å². The van der Waals surface area contributed by atoms with Gasteiger partial charge >= 0.3 is 0 Å². The van der Waals surface area contributed by atoms with Crippen LogP contribution in [0.25, 0.3) is 11.3 Å². The zero-order valence-electron chi connectivity index (χ0n) is 15.2. The number of anilines is 1. The number of H-pyrrole nitrogens is 1. The lowest BCUT2D eigenvalue weighted by molar-refractivity contribution is -0.116. The first-order valence-electron chi connectivity index (χ1n) is 8.73. The van der Waals surface area contributed by atoms with E-state index >= 15 is 0 Å². The van der Waals surface area contributed by atoms with E-state index in [4.69, 9.17) is 16.6 Å². The maximum Gasteiger partial charge on any atom is 0.239 e. The van der Waals surface area contributed by atoms with Gasteiger partial charge in [0.05, 0.1) is 18.0 Å². The molecular formula is C20H16ClN5OS2. The van der Waals surface area contributed by atoms with Crippen LogP contribution in [0.5, 0.6) is 0 Å². The number of amides is 1. The highest BCUT2D eigenvalue weighted by molar-refractivity contribution is 7.99. The topological polar surface area (TPSA) is 74.8 Å². The Hall–Kier alpha value is -2.68. The van der Waals surface area contributed by atoms with Crippen LogP contribution in [-0.4, -0.2) is 31.8 Å². The molecule has 0 atom stereocenters. The van der Waals surface area contributed by atoms with Crippen LogP contribution in [0.2, 0.25) is 5.02 Å². The summed E-state index contributed by atoms with van der Waals surface area (Å²) in [5, 5.41) is 10.5. The summed E-state index contributed by atoms with van der Waals surface area (Å²) in [4.78, 5) is 23.5. The second-order valence-corrected chi connectivity index (χ2v) is 8.30. The Labute approximate surface area is 181 Å². The van der Waals surface area contributed by atoms with E-state index in [0.29, 0.717) is 21.9 Å². The molecule has 0 saturated heterocycles. The summed E-state index contributed by atoms with van der Waals surface area (Å²) in [6.45, 7) is 0.449. The molecular weight excluding hydrogens is 426 g/mol. The minimum atomic E-state index is -0.0488. The van der Waals surface area contributed by atoms with Crippen molar-refractivity contribution in [2.45, 2.75) is 11.7 Å². The van der Waals surface area contributed by atoms with Gasteiger partial charge in [-0.2, -0.15) is 5.10 Å². The van der Waals surface area contributed by atoms with E-state index in [-0.39, 0.29) is 11.7 Å². The van der Waals surface area contributed by atoms with Gasteiger partial charge in [-0.15, -0.1) is 11.3 Å². The third kappa shape index (κ3) is 5.03. The van der Waals surface area contributed by atoms with Crippen LogP contribution in [0.15, 0.2) is 71.5 Å². The fraction of sp³-hybridized carbons (Fsp3) is 0.100. The number of benzene rings is 2. The van der Waals surface area contributed by atoms with E-state index in [0.717, 1.165) is 16.8 Å². The van der Waals surface area contributed by atoms with E-state index in [2.05, 4.69) is 15.2 Å². The van der Waals surface area contributed by atoms with Crippen LogP contribution in [0.1, 0.15) is 5.56 Å². The Morgan fingerprint density at radius 1 is 1.14 bits per heavy atom. The molecule has 1 amide bonds. The van der Waals surface area contributed by atoms with Gasteiger partial charge in [0.25, 0.3) is 0 Å². The monoisotopic (exact) mass is 441 g/mol. The molecule has 0 unspecified atom stereocenters. The third-order valence-corrected chi connectivity index (χ3v) is 6.05. The maximum atomic E-state index is 13.0. The van der Waals surface area contributed by atoms with E-state index in [9.17, 15) is 4.79 Å². The average Bonchev–Trinajstić information content (AvgIpc) is 3.44. The number of thiazole rings is 1. The molecule has 2 heterocycles. The normalized spacial score (nSPS) is 10.8. The predicted octanol–water partition coefficient (Wildman–Crippen LogP) is 4.91. The number of aromatic nitrogens is 4. The predicted molar refractivity (Wildman–Crippen MR) is 117 cm³/mol. The molecule has 9 heteroatoms. The molecule has 0 aliphatic rings. The van der Waals surface area contributed by atoms with Crippen molar-refractivity contribution in [1.29, 1.82) is 0 Å². The van der Waals surface area contributed by atoms with Crippen molar-refractivity contribution in [3.05, 3.63) is 76.9 Å². The molecule has 2 aromatic carbocycles. The number of carbonyl (C=O) groups is 1. The van der Waals surface area contributed by atoms with Crippen molar-refractivity contribution in [2.75, 3.05) is 10.7 Å². The van der Waals surface area contributed by atoms with Crippen LogP contribution in [0, 0.1) is 0 Å².